The van der Waals surface area contributed by atoms with Gasteiger partial charge in [0, 0.05) is 0 Å². The Labute approximate surface area is 72.6 Å². The minimum atomic E-state index is -0.590. The average molecular weight is 178 g/mol. The number of nitrogens with zero attached hydrogens (tertiary/aromatic N) is 3. The number of carbonyl (C=O) groups is 1. The molecule has 0 aliphatic rings. The monoisotopic (exact) mass is 178 g/mol. The van der Waals surface area contributed by atoms with Crippen LogP contribution in [0.5, 0.6) is 5.75 Å². The Bertz CT molecular complexity index is 476. The lowest BCUT2D eigenvalue weighted by Crippen LogP contribution is -2.10. The molecule has 0 radical (unpaired) electrons. The SMILES string of the molecule is NC(=O)c1cnn2cc(O)cnc12. The zero-order valence-corrected chi connectivity index (χ0v) is 6.51. The molecule has 0 aliphatic carbocycles. The summed E-state index contributed by atoms with van der Waals surface area (Å²) in [5.41, 5.74) is 5.64. The first-order valence-electron chi connectivity index (χ1n) is 3.50. The first kappa shape index (κ1) is 7.53. The smallest absolute Gasteiger partial charge is 0.254 e. The molecule has 1 amide bonds. The van der Waals surface area contributed by atoms with E-state index in [4.69, 9.17) is 10.8 Å². The van der Waals surface area contributed by atoms with Gasteiger partial charge >= 0.3 is 0 Å². The lowest BCUT2D eigenvalue weighted by atomic mass is 10.3. The van der Waals surface area contributed by atoms with Gasteiger partial charge in [-0.25, -0.2) is 9.50 Å². The van der Waals surface area contributed by atoms with Gasteiger partial charge in [0.25, 0.3) is 5.91 Å². The molecule has 6 nitrogen and oxygen atoms in total. The van der Waals surface area contributed by atoms with E-state index in [1.807, 2.05) is 0 Å². The Morgan fingerprint density at radius 1 is 1.54 bits per heavy atom. The molecular formula is C7H6N4O2. The molecule has 2 rings (SSSR count). The second-order valence-corrected chi connectivity index (χ2v) is 2.50. The third-order valence-corrected chi connectivity index (χ3v) is 1.61. The van der Waals surface area contributed by atoms with Crippen LogP contribution in [0.3, 0.4) is 0 Å². The summed E-state index contributed by atoms with van der Waals surface area (Å²) in [5, 5.41) is 12.8. The highest BCUT2D eigenvalue weighted by molar-refractivity contribution is 5.98. The van der Waals surface area contributed by atoms with E-state index in [0.717, 1.165) is 0 Å². The predicted octanol–water partition coefficient (Wildman–Crippen LogP) is -0.466. The molecule has 66 valence electrons. The zero-order chi connectivity index (χ0) is 9.42. The van der Waals surface area contributed by atoms with Gasteiger partial charge in [-0.05, 0) is 0 Å². The van der Waals surface area contributed by atoms with E-state index in [-0.39, 0.29) is 11.3 Å². The molecule has 0 aromatic carbocycles. The van der Waals surface area contributed by atoms with Crippen molar-refractivity contribution in [1.29, 1.82) is 0 Å². The van der Waals surface area contributed by atoms with Gasteiger partial charge in [-0.3, -0.25) is 4.79 Å². The molecule has 0 unspecified atom stereocenters. The molecule has 13 heavy (non-hydrogen) atoms. The van der Waals surface area contributed by atoms with Crippen LogP contribution in [0.25, 0.3) is 5.65 Å². The highest BCUT2D eigenvalue weighted by atomic mass is 16.3. The number of rotatable bonds is 1. The van der Waals surface area contributed by atoms with Gasteiger partial charge in [-0.2, -0.15) is 5.10 Å². The van der Waals surface area contributed by atoms with Crippen LogP contribution in [0.2, 0.25) is 0 Å². The van der Waals surface area contributed by atoms with Gasteiger partial charge < -0.3 is 10.8 Å². The largest absolute Gasteiger partial charge is 0.505 e. The normalized spacial score (nSPS) is 10.5. The minimum absolute atomic E-state index is 0.0216. The summed E-state index contributed by atoms with van der Waals surface area (Å²) in [6, 6.07) is 0. The number of carbonyl (C=O) groups excluding carboxylic acids is 1. The molecule has 0 fully saturated rings. The van der Waals surface area contributed by atoms with Crippen LogP contribution in [-0.2, 0) is 0 Å². The van der Waals surface area contributed by atoms with Crippen LogP contribution in [0.4, 0.5) is 0 Å². The molecule has 0 aliphatic heterocycles. The Kier molecular flexibility index (Phi) is 1.42. The summed E-state index contributed by atoms with van der Waals surface area (Å²) >= 11 is 0. The van der Waals surface area contributed by atoms with E-state index in [0.29, 0.717) is 5.65 Å². The van der Waals surface area contributed by atoms with Crippen LogP contribution in [0, 0.1) is 0 Å². The number of aromatic hydroxyl groups is 1. The number of hydrogen-bond donors (Lipinski definition) is 2. The summed E-state index contributed by atoms with van der Waals surface area (Å²) in [6.45, 7) is 0. The van der Waals surface area contributed by atoms with Gasteiger partial charge in [-0.1, -0.05) is 0 Å². The molecular weight excluding hydrogens is 172 g/mol. The minimum Gasteiger partial charge on any atom is -0.505 e. The second-order valence-electron chi connectivity index (χ2n) is 2.50. The highest BCUT2D eigenvalue weighted by Gasteiger charge is 2.09. The van der Waals surface area contributed by atoms with Gasteiger partial charge in [-0.15, -0.1) is 0 Å². The van der Waals surface area contributed by atoms with Crippen molar-refractivity contribution in [3.63, 3.8) is 0 Å². The van der Waals surface area contributed by atoms with Crippen molar-refractivity contribution in [2.24, 2.45) is 5.73 Å². The van der Waals surface area contributed by atoms with E-state index in [1.165, 1.54) is 23.1 Å². The fraction of sp³-hybridized carbons (Fsp3) is 0. The lowest BCUT2D eigenvalue weighted by molar-refractivity contribution is 0.100. The number of fused-ring (bicyclic) bond motifs is 1. The average Bonchev–Trinajstić information content (AvgIpc) is 2.46. The molecule has 0 atom stereocenters. The third kappa shape index (κ3) is 1.08. The first-order chi connectivity index (χ1) is 6.18. The van der Waals surface area contributed by atoms with Crippen molar-refractivity contribution in [2.45, 2.75) is 0 Å². The highest BCUT2D eigenvalue weighted by Crippen LogP contribution is 2.10. The first-order valence-corrected chi connectivity index (χ1v) is 3.50. The number of hydrogen-bond acceptors (Lipinski definition) is 4. The van der Waals surface area contributed by atoms with Gasteiger partial charge in [0.15, 0.2) is 11.4 Å². The Morgan fingerprint density at radius 3 is 3.00 bits per heavy atom. The Balaban J connectivity index is 2.76. The van der Waals surface area contributed by atoms with Crippen LogP contribution < -0.4 is 5.73 Å². The molecule has 0 saturated heterocycles. The summed E-state index contributed by atoms with van der Waals surface area (Å²) in [7, 11) is 0. The fourth-order valence-electron chi connectivity index (χ4n) is 1.04. The van der Waals surface area contributed by atoms with Gasteiger partial charge in [0.05, 0.1) is 18.6 Å². The number of nitrogens with two attached hydrogens (primary N) is 1. The van der Waals surface area contributed by atoms with Gasteiger partial charge in [0.1, 0.15) is 5.56 Å². The molecule has 2 aromatic heterocycles. The summed E-state index contributed by atoms with van der Waals surface area (Å²) < 4.78 is 1.29. The van der Waals surface area contributed by atoms with Gasteiger partial charge in [0.2, 0.25) is 0 Å². The fourth-order valence-corrected chi connectivity index (χ4v) is 1.04. The number of amides is 1. The Hall–Kier alpha value is -2.11. The van der Waals surface area contributed by atoms with Crippen molar-refractivity contribution in [3.8, 4) is 5.75 Å². The van der Waals surface area contributed by atoms with Crippen LogP contribution >= 0.6 is 0 Å². The standard InChI is InChI=1S/C7H6N4O2/c8-6(13)5-2-10-11-3-4(12)1-9-7(5)11/h1-3,12H,(H2,8,13). The maximum absolute atomic E-state index is 10.8. The maximum Gasteiger partial charge on any atom is 0.254 e. The molecule has 3 N–H and O–H groups in total. The summed E-state index contributed by atoms with van der Waals surface area (Å²) in [5.74, 6) is -0.611. The van der Waals surface area contributed by atoms with Crippen molar-refractivity contribution in [1.82, 2.24) is 14.6 Å². The van der Waals surface area contributed by atoms with Crippen molar-refractivity contribution >= 4 is 11.6 Å². The molecule has 6 heteroatoms. The number of primary amides is 1. The van der Waals surface area contributed by atoms with Crippen LogP contribution in [0.15, 0.2) is 18.6 Å². The maximum atomic E-state index is 10.8. The number of aromatic nitrogens is 3. The molecule has 2 heterocycles. The summed E-state index contributed by atoms with van der Waals surface area (Å²) in [4.78, 5) is 14.6. The topological polar surface area (TPSA) is 93.5 Å². The molecule has 0 bridgehead atoms. The summed E-state index contributed by atoms with van der Waals surface area (Å²) in [6.07, 6.45) is 3.88. The van der Waals surface area contributed by atoms with E-state index < -0.39 is 5.91 Å². The van der Waals surface area contributed by atoms with Crippen LogP contribution in [-0.4, -0.2) is 25.6 Å². The van der Waals surface area contributed by atoms with Crippen molar-refractivity contribution in [3.05, 3.63) is 24.2 Å². The quantitative estimate of drug-likeness (QED) is 0.617. The van der Waals surface area contributed by atoms with E-state index in [2.05, 4.69) is 10.1 Å². The molecule has 0 saturated carbocycles. The van der Waals surface area contributed by atoms with E-state index in [9.17, 15) is 4.79 Å². The third-order valence-electron chi connectivity index (χ3n) is 1.61. The molecule has 0 spiro atoms. The van der Waals surface area contributed by atoms with Crippen molar-refractivity contribution < 1.29 is 9.90 Å². The second kappa shape index (κ2) is 2.44. The van der Waals surface area contributed by atoms with Crippen LogP contribution in [0.1, 0.15) is 10.4 Å². The lowest BCUT2D eigenvalue weighted by Gasteiger charge is -1.94. The van der Waals surface area contributed by atoms with Crippen molar-refractivity contribution in [2.75, 3.05) is 0 Å². The van der Waals surface area contributed by atoms with E-state index in [1.54, 1.807) is 0 Å². The Morgan fingerprint density at radius 2 is 2.31 bits per heavy atom. The zero-order valence-electron chi connectivity index (χ0n) is 6.51. The predicted molar refractivity (Wildman–Crippen MR) is 43.2 cm³/mol. The van der Waals surface area contributed by atoms with E-state index >= 15 is 0 Å². The molecule has 2 aromatic rings.